The number of carbonyl (C=O) groups excluding carboxylic acids is 1. The van der Waals surface area contributed by atoms with E-state index in [4.69, 9.17) is 30.9 Å². The van der Waals surface area contributed by atoms with Gasteiger partial charge in [-0.05, 0) is 42.5 Å². The van der Waals surface area contributed by atoms with Gasteiger partial charge < -0.3 is 19.5 Å². The Morgan fingerprint density at radius 1 is 0.902 bits per heavy atom. The fraction of sp³-hybridized carbons (Fsp3) is 0.200. The minimum atomic E-state index is -0.443. The normalized spacial score (nSPS) is 11.3. The van der Waals surface area contributed by atoms with Crippen LogP contribution in [-0.4, -0.2) is 40.0 Å². The molecule has 2 aromatic heterocycles. The lowest BCUT2D eigenvalue weighted by Gasteiger charge is -2.14. The summed E-state index contributed by atoms with van der Waals surface area (Å²) in [6.45, 7) is 6.18. The molecule has 0 aliphatic rings. The predicted octanol–water partition coefficient (Wildman–Crippen LogP) is 7.22. The number of methoxy groups -OCH3 is 2. The number of aromatic nitrogens is 4. The van der Waals surface area contributed by atoms with Gasteiger partial charge in [-0.15, -0.1) is 0 Å². The van der Waals surface area contributed by atoms with Crippen molar-refractivity contribution in [3.63, 3.8) is 0 Å². The molecule has 0 atom stereocenters. The number of nitrogens with one attached hydrogen (secondary N) is 2. The summed E-state index contributed by atoms with van der Waals surface area (Å²) in [6.07, 6.45) is 1.41. The van der Waals surface area contributed by atoms with Crippen molar-refractivity contribution in [1.82, 2.24) is 19.7 Å². The molecule has 11 heteroatoms. The number of benzene rings is 3. The average molecular weight is 573 g/mol. The van der Waals surface area contributed by atoms with Gasteiger partial charge >= 0.3 is 6.03 Å². The molecule has 0 saturated heterocycles. The summed E-state index contributed by atoms with van der Waals surface area (Å²) in [6, 6.07) is 19.2. The van der Waals surface area contributed by atoms with Crippen LogP contribution in [0.4, 0.5) is 16.3 Å². The lowest BCUT2D eigenvalue weighted by Crippen LogP contribution is -2.21. The number of fused-ring (bicyclic) bond motifs is 1. The first-order valence-corrected chi connectivity index (χ1v) is 13.1. The van der Waals surface area contributed by atoms with Crippen LogP contribution in [0.15, 0.2) is 73.1 Å². The zero-order chi connectivity index (χ0) is 29.1. The maximum absolute atomic E-state index is 13.1. The number of hydrogen-bond acceptors (Lipinski definition) is 7. The van der Waals surface area contributed by atoms with E-state index in [0.29, 0.717) is 50.6 Å². The summed E-state index contributed by atoms with van der Waals surface area (Å²) in [5, 5.41) is 11.8. The Hall–Kier alpha value is -4.83. The smallest absolute Gasteiger partial charge is 0.324 e. The van der Waals surface area contributed by atoms with Crippen LogP contribution in [-0.2, 0) is 5.41 Å². The zero-order valence-corrected chi connectivity index (χ0v) is 24.0. The van der Waals surface area contributed by atoms with E-state index >= 15 is 0 Å². The van der Waals surface area contributed by atoms with Crippen molar-refractivity contribution in [3.8, 4) is 28.8 Å². The first-order valence-electron chi connectivity index (χ1n) is 12.7. The monoisotopic (exact) mass is 572 g/mol. The molecular weight excluding hydrogens is 544 g/mol. The largest absolute Gasteiger partial charge is 0.493 e. The van der Waals surface area contributed by atoms with Gasteiger partial charge in [-0.25, -0.2) is 19.4 Å². The number of anilines is 2. The van der Waals surface area contributed by atoms with Crippen LogP contribution in [0.1, 0.15) is 26.5 Å². The van der Waals surface area contributed by atoms with E-state index in [1.807, 2.05) is 18.2 Å². The highest BCUT2D eigenvalue weighted by Crippen LogP contribution is 2.36. The molecule has 210 valence electrons. The van der Waals surface area contributed by atoms with Crippen LogP contribution in [0, 0.1) is 0 Å². The fourth-order valence-electron chi connectivity index (χ4n) is 4.08. The zero-order valence-electron chi connectivity index (χ0n) is 23.2. The van der Waals surface area contributed by atoms with Crippen molar-refractivity contribution in [1.29, 1.82) is 0 Å². The Labute approximate surface area is 242 Å². The van der Waals surface area contributed by atoms with Crippen LogP contribution in [0.3, 0.4) is 0 Å². The Bertz CT molecular complexity index is 1710. The minimum Gasteiger partial charge on any atom is -0.493 e. The van der Waals surface area contributed by atoms with E-state index in [1.165, 1.54) is 6.33 Å². The Kier molecular flexibility index (Phi) is 7.67. The van der Waals surface area contributed by atoms with Crippen molar-refractivity contribution in [2.45, 2.75) is 26.2 Å². The van der Waals surface area contributed by atoms with E-state index in [-0.39, 0.29) is 5.41 Å². The van der Waals surface area contributed by atoms with Crippen LogP contribution in [0.25, 0.3) is 16.6 Å². The molecule has 0 fully saturated rings. The summed E-state index contributed by atoms with van der Waals surface area (Å²) in [7, 11) is 3.12. The number of nitrogens with zero attached hydrogens (tertiary/aromatic N) is 4. The van der Waals surface area contributed by atoms with E-state index in [9.17, 15) is 4.79 Å². The summed E-state index contributed by atoms with van der Waals surface area (Å²) in [4.78, 5) is 21.7. The van der Waals surface area contributed by atoms with Gasteiger partial charge in [0.05, 0.1) is 36.5 Å². The van der Waals surface area contributed by atoms with Crippen LogP contribution < -0.4 is 24.8 Å². The third-order valence-electron chi connectivity index (χ3n) is 6.20. The lowest BCUT2D eigenvalue weighted by molar-refractivity contribution is 0.262. The van der Waals surface area contributed by atoms with E-state index in [0.717, 1.165) is 11.4 Å². The van der Waals surface area contributed by atoms with Gasteiger partial charge in [-0.3, -0.25) is 5.32 Å². The van der Waals surface area contributed by atoms with Gasteiger partial charge in [0.25, 0.3) is 0 Å². The third-order valence-corrected chi connectivity index (χ3v) is 6.45. The average Bonchev–Trinajstić information content (AvgIpc) is 3.37. The molecule has 0 saturated carbocycles. The number of halogens is 1. The van der Waals surface area contributed by atoms with Crippen molar-refractivity contribution in [3.05, 3.63) is 83.8 Å². The molecule has 0 aliphatic heterocycles. The van der Waals surface area contributed by atoms with Crippen LogP contribution in [0.2, 0.25) is 5.02 Å². The number of ether oxygens (including phenoxy) is 3. The van der Waals surface area contributed by atoms with Gasteiger partial charge in [0, 0.05) is 34.3 Å². The summed E-state index contributed by atoms with van der Waals surface area (Å²) in [5.41, 5.74) is 2.52. The number of hydrogen-bond donors (Lipinski definition) is 2. The maximum atomic E-state index is 13.1. The van der Waals surface area contributed by atoms with Crippen molar-refractivity contribution in [2.75, 3.05) is 24.9 Å². The highest BCUT2D eigenvalue weighted by Gasteiger charge is 2.22. The van der Waals surface area contributed by atoms with E-state index < -0.39 is 6.03 Å². The molecule has 2 amide bonds. The molecule has 41 heavy (non-hydrogen) atoms. The molecule has 0 bridgehead atoms. The minimum absolute atomic E-state index is 0.226. The van der Waals surface area contributed by atoms with Crippen molar-refractivity contribution < 1.29 is 19.0 Å². The van der Waals surface area contributed by atoms with Crippen molar-refractivity contribution >= 4 is 40.0 Å². The molecule has 3 aromatic carbocycles. The Morgan fingerprint density at radius 2 is 1.63 bits per heavy atom. The molecular formula is C30H29ClN6O4. The highest BCUT2D eigenvalue weighted by molar-refractivity contribution is 6.30. The molecule has 0 aliphatic carbocycles. The van der Waals surface area contributed by atoms with Crippen LogP contribution in [0.5, 0.6) is 23.1 Å². The second-order valence-corrected chi connectivity index (χ2v) is 10.6. The molecule has 0 spiro atoms. The van der Waals surface area contributed by atoms with E-state index in [2.05, 4.69) is 41.4 Å². The van der Waals surface area contributed by atoms with E-state index in [1.54, 1.807) is 67.4 Å². The number of amides is 2. The molecule has 5 aromatic rings. The topological polar surface area (TPSA) is 112 Å². The first-order chi connectivity index (χ1) is 19.6. The highest BCUT2D eigenvalue weighted by atomic mass is 35.5. The Balaban J connectivity index is 1.36. The van der Waals surface area contributed by atoms with Gasteiger partial charge in [0.2, 0.25) is 5.88 Å². The second-order valence-electron chi connectivity index (χ2n) is 10.2. The summed E-state index contributed by atoms with van der Waals surface area (Å²) >= 11 is 6.07. The molecule has 5 rings (SSSR count). The summed E-state index contributed by atoms with van der Waals surface area (Å²) < 4.78 is 18.6. The lowest BCUT2D eigenvalue weighted by atomic mass is 9.92. The molecule has 0 radical (unpaired) electrons. The van der Waals surface area contributed by atoms with Gasteiger partial charge in [-0.2, -0.15) is 5.10 Å². The molecule has 10 nitrogen and oxygen atoms in total. The second kappa shape index (κ2) is 11.3. The first kappa shape index (κ1) is 27.7. The quantitative estimate of drug-likeness (QED) is 0.212. The van der Waals surface area contributed by atoms with Crippen LogP contribution >= 0.6 is 11.6 Å². The number of carbonyl (C=O) groups is 1. The number of urea groups is 1. The summed E-state index contributed by atoms with van der Waals surface area (Å²) in [5.74, 6) is 2.39. The molecule has 2 N–H and O–H groups in total. The molecule has 2 heterocycles. The number of rotatable bonds is 7. The fourth-order valence-corrected chi connectivity index (χ4v) is 4.21. The predicted molar refractivity (Wildman–Crippen MR) is 159 cm³/mol. The maximum Gasteiger partial charge on any atom is 0.324 e. The van der Waals surface area contributed by atoms with Gasteiger partial charge in [0.1, 0.15) is 17.9 Å². The SMILES string of the molecule is COc1cc2ncnc(Oc3cccc(NC(=O)Nc4cc(C(C)(C)C)nn4-c4ccc(Cl)cc4)c3)c2cc1OC. The third kappa shape index (κ3) is 6.17. The van der Waals surface area contributed by atoms with Gasteiger partial charge in [0.15, 0.2) is 11.5 Å². The van der Waals surface area contributed by atoms with Gasteiger partial charge in [-0.1, -0.05) is 38.4 Å². The van der Waals surface area contributed by atoms with Crippen molar-refractivity contribution in [2.24, 2.45) is 0 Å². The Morgan fingerprint density at radius 3 is 2.34 bits per heavy atom. The standard InChI is InChI=1S/C30H29ClN6O4/c1-30(2,3)26-16-27(37(36-26)20-11-9-18(31)10-12-20)35-29(38)34-19-7-6-8-21(13-19)41-28-22-14-24(39-4)25(40-5)15-23(22)32-17-33-28/h6-17H,1-5H3,(H2,34,35,38). The molecule has 0 unspecified atom stereocenters.